The number of thioether (sulfide) groups is 1. The van der Waals surface area contributed by atoms with Crippen LogP contribution in [0.15, 0.2) is 0 Å². The van der Waals surface area contributed by atoms with Gasteiger partial charge in [-0.25, -0.2) is 4.79 Å². The minimum absolute atomic E-state index is 0.130. The molecule has 7 N–H and O–H groups in total. The van der Waals surface area contributed by atoms with Crippen LogP contribution in [0, 0.1) is 5.92 Å². The molecular formula is C22H41N5O5S. The van der Waals surface area contributed by atoms with Crippen molar-refractivity contribution in [3.63, 3.8) is 0 Å². The highest BCUT2D eigenvalue weighted by Gasteiger charge is 2.39. The lowest BCUT2D eigenvalue weighted by Gasteiger charge is -2.30. The number of rotatable bonds is 15. The molecule has 0 aromatic heterocycles. The highest BCUT2D eigenvalue weighted by molar-refractivity contribution is 7.98. The van der Waals surface area contributed by atoms with Gasteiger partial charge >= 0.3 is 5.97 Å². The number of hydrogen-bond acceptors (Lipinski definition) is 7. The second-order valence-electron chi connectivity index (χ2n) is 8.95. The Balaban J connectivity index is 2.87. The average Bonchev–Trinajstić information content (AvgIpc) is 3.25. The maximum atomic E-state index is 13.4. The molecule has 0 aromatic rings. The van der Waals surface area contributed by atoms with E-state index in [4.69, 9.17) is 11.5 Å². The SMILES string of the molecule is CSCCC(NC(=O)C1CCCN1C(=O)C(CC(C)C)NC(=O)C(N)CCCCN)C(=O)O. The van der Waals surface area contributed by atoms with Crippen molar-refractivity contribution in [2.45, 2.75) is 83.0 Å². The predicted molar refractivity (Wildman–Crippen MR) is 130 cm³/mol. The first-order chi connectivity index (χ1) is 15.6. The number of carbonyl (C=O) groups is 4. The molecule has 11 heteroatoms. The summed E-state index contributed by atoms with van der Waals surface area (Å²) in [4.78, 5) is 51.8. The monoisotopic (exact) mass is 487 g/mol. The predicted octanol–water partition coefficient (Wildman–Crippen LogP) is 0.287. The minimum atomic E-state index is -1.10. The van der Waals surface area contributed by atoms with E-state index in [1.54, 1.807) is 0 Å². The molecule has 190 valence electrons. The Hall–Kier alpha value is -1.85. The molecule has 3 amide bonds. The Morgan fingerprint density at radius 3 is 2.39 bits per heavy atom. The lowest BCUT2D eigenvalue weighted by atomic mass is 10.0. The molecule has 10 nitrogen and oxygen atoms in total. The van der Waals surface area contributed by atoms with E-state index in [1.165, 1.54) is 16.7 Å². The van der Waals surface area contributed by atoms with E-state index in [9.17, 15) is 24.3 Å². The zero-order valence-electron chi connectivity index (χ0n) is 20.0. The second-order valence-corrected chi connectivity index (χ2v) is 9.94. The average molecular weight is 488 g/mol. The van der Waals surface area contributed by atoms with Crippen molar-refractivity contribution in [3.8, 4) is 0 Å². The fourth-order valence-electron chi connectivity index (χ4n) is 3.88. The van der Waals surface area contributed by atoms with Crippen LogP contribution in [-0.4, -0.2) is 83.0 Å². The topological polar surface area (TPSA) is 168 Å². The zero-order chi connectivity index (χ0) is 25.0. The number of nitrogens with one attached hydrogen (secondary N) is 2. The second kappa shape index (κ2) is 15.1. The van der Waals surface area contributed by atoms with E-state index in [2.05, 4.69) is 10.6 Å². The molecule has 0 saturated carbocycles. The lowest BCUT2D eigenvalue weighted by Crippen LogP contribution is -2.57. The Kier molecular flexibility index (Phi) is 13.4. The van der Waals surface area contributed by atoms with Gasteiger partial charge in [0.25, 0.3) is 0 Å². The number of carboxylic acids is 1. The number of aliphatic carboxylic acids is 1. The molecule has 1 fully saturated rings. The third kappa shape index (κ3) is 9.89. The van der Waals surface area contributed by atoms with Crippen molar-refractivity contribution in [2.75, 3.05) is 25.1 Å². The highest BCUT2D eigenvalue weighted by atomic mass is 32.2. The molecule has 1 rings (SSSR count). The van der Waals surface area contributed by atoms with Crippen LogP contribution < -0.4 is 22.1 Å². The Morgan fingerprint density at radius 1 is 1.12 bits per heavy atom. The van der Waals surface area contributed by atoms with Gasteiger partial charge in [-0.1, -0.05) is 20.3 Å². The summed E-state index contributed by atoms with van der Waals surface area (Å²) in [5, 5.41) is 14.8. The molecule has 0 aliphatic carbocycles. The van der Waals surface area contributed by atoms with Crippen molar-refractivity contribution >= 4 is 35.5 Å². The fourth-order valence-corrected chi connectivity index (χ4v) is 4.35. The molecule has 4 unspecified atom stereocenters. The molecule has 4 atom stereocenters. The standard InChI is InChI=1S/C22H41N5O5S/c1-14(2)13-17(26-19(28)15(24)7-4-5-10-23)21(30)27-11-6-8-18(27)20(29)25-16(22(31)32)9-12-33-3/h14-18H,4-13,23-24H2,1-3H3,(H,25,29)(H,26,28)(H,31,32). The van der Waals surface area contributed by atoms with Gasteiger partial charge in [0, 0.05) is 6.54 Å². The Bertz CT molecular complexity index is 663. The number of nitrogens with two attached hydrogens (primary N) is 2. The van der Waals surface area contributed by atoms with E-state index in [0.29, 0.717) is 50.9 Å². The van der Waals surface area contributed by atoms with Crippen LogP contribution in [0.4, 0.5) is 0 Å². The summed E-state index contributed by atoms with van der Waals surface area (Å²) in [6.07, 6.45) is 5.64. The number of amides is 3. The number of hydrogen-bond donors (Lipinski definition) is 5. The summed E-state index contributed by atoms with van der Waals surface area (Å²) < 4.78 is 0. The first-order valence-electron chi connectivity index (χ1n) is 11.7. The first-order valence-corrected chi connectivity index (χ1v) is 13.1. The molecule has 0 bridgehead atoms. The summed E-state index contributed by atoms with van der Waals surface area (Å²) in [6.45, 7) is 4.81. The van der Waals surface area contributed by atoms with Crippen LogP contribution in [0.2, 0.25) is 0 Å². The first kappa shape index (κ1) is 29.2. The largest absolute Gasteiger partial charge is 0.480 e. The smallest absolute Gasteiger partial charge is 0.326 e. The van der Waals surface area contributed by atoms with Gasteiger partial charge in [0.2, 0.25) is 17.7 Å². The molecule has 1 aliphatic heterocycles. The van der Waals surface area contributed by atoms with Crippen molar-refractivity contribution in [1.82, 2.24) is 15.5 Å². The quantitative estimate of drug-likeness (QED) is 0.205. The van der Waals surface area contributed by atoms with Crippen molar-refractivity contribution in [1.29, 1.82) is 0 Å². The summed E-state index contributed by atoms with van der Waals surface area (Å²) in [5.74, 6) is -1.57. The van der Waals surface area contributed by atoms with Crippen LogP contribution in [0.5, 0.6) is 0 Å². The van der Waals surface area contributed by atoms with Gasteiger partial charge in [0.05, 0.1) is 6.04 Å². The normalized spacial score (nSPS) is 18.6. The van der Waals surface area contributed by atoms with Crippen LogP contribution in [0.25, 0.3) is 0 Å². The van der Waals surface area contributed by atoms with Crippen LogP contribution in [-0.2, 0) is 19.2 Å². The van der Waals surface area contributed by atoms with Crippen LogP contribution in [0.3, 0.4) is 0 Å². The number of unbranched alkanes of at least 4 members (excludes halogenated alkanes) is 1. The third-order valence-electron chi connectivity index (χ3n) is 5.69. The van der Waals surface area contributed by atoms with Gasteiger partial charge in [-0.05, 0) is 63.0 Å². The third-order valence-corrected chi connectivity index (χ3v) is 6.34. The van der Waals surface area contributed by atoms with E-state index in [0.717, 1.165) is 12.8 Å². The summed E-state index contributed by atoms with van der Waals surface area (Å²) in [7, 11) is 0. The summed E-state index contributed by atoms with van der Waals surface area (Å²) in [6, 6.07) is -3.28. The zero-order valence-corrected chi connectivity index (χ0v) is 20.9. The van der Waals surface area contributed by atoms with Crippen molar-refractivity contribution < 1.29 is 24.3 Å². The fraction of sp³-hybridized carbons (Fsp3) is 0.818. The van der Waals surface area contributed by atoms with E-state index in [1.807, 2.05) is 20.1 Å². The Morgan fingerprint density at radius 2 is 1.82 bits per heavy atom. The molecule has 1 heterocycles. The van der Waals surface area contributed by atoms with Gasteiger partial charge in [0.15, 0.2) is 0 Å². The van der Waals surface area contributed by atoms with E-state index in [-0.39, 0.29) is 11.8 Å². The number of carbonyl (C=O) groups excluding carboxylic acids is 3. The van der Waals surface area contributed by atoms with Gasteiger partial charge in [-0.2, -0.15) is 11.8 Å². The van der Waals surface area contributed by atoms with Gasteiger partial charge in [-0.3, -0.25) is 14.4 Å². The summed E-state index contributed by atoms with van der Waals surface area (Å²) >= 11 is 1.50. The number of nitrogens with zero attached hydrogens (tertiary/aromatic N) is 1. The van der Waals surface area contributed by atoms with Gasteiger partial charge < -0.3 is 32.1 Å². The van der Waals surface area contributed by atoms with Crippen molar-refractivity contribution in [2.24, 2.45) is 17.4 Å². The molecule has 1 saturated heterocycles. The molecule has 0 aromatic carbocycles. The van der Waals surface area contributed by atoms with Crippen LogP contribution >= 0.6 is 11.8 Å². The minimum Gasteiger partial charge on any atom is -0.480 e. The molecule has 1 aliphatic rings. The van der Waals surface area contributed by atoms with Crippen molar-refractivity contribution in [3.05, 3.63) is 0 Å². The van der Waals surface area contributed by atoms with Crippen LogP contribution in [0.1, 0.15) is 58.8 Å². The van der Waals surface area contributed by atoms with E-state index >= 15 is 0 Å². The number of likely N-dealkylation sites (tertiary alicyclic amines) is 1. The number of carboxylic acid groups (broad SMARTS) is 1. The van der Waals surface area contributed by atoms with E-state index < -0.39 is 42.0 Å². The Labute approximate surface area is 200 Å². The molecule has 0 radical (unpaired) electrons. The molecular weight excluding hydrogens is 446 g/mol. The molecule has 0 spiro atoms. The maximum absolute atomic E-state index is 13.4. The van der Waals surface area contributed by atoms with Gasteiger partial charge in [0.1, 0.15) is 18.1 Å². The maximum Gasteiger partial charge on any atom is 0.326 e. The molecule has 33 heavy (non-hydrogen) atoms. The lowest BCUT2D eigenvalue weighted by molar-refractivity contribution is -0.145. The summed E-state index contributed by atoms with van der Waals surface area (Å²) in [5.41, 5.74) is 11.5. The highest BCUT2D eigenvalue weighted by Crippen LogP contribution is 2.21. The van der Waals surface area contributed by atoms with Gasteiger partial charge in [-0.15, -0.1) is 0 Å².